The third-order valence-corrected chi connectivity index (χ3v) is 5.48. The van der Waals surface area contributed by atoms with Crippen molar-refractivity contribution in [3.05, 3.63) is 0 Å². The fraction of sp³-hybridized carbons (Fsp3) is 0.947. The zero-order valence-corrected chi connectivity index (χ0v) is 15.5. The predicted molar refractivity (Wildman–Crippen MR) is 98.2 cm³/mol. The molecular weight excluding hydrogens is 286 g/mol. The van der Waals surface area contributed by atoms with Crippen molar-refractivity contribution in [3.8, 4) is 0 Å². The predicted octanol–water partition coefficient (Wildman–Crippen LogP) is 3.57. The number of hydrogen-bond acceptors (Lipinski definition) is 3. The van der Waals surface area contributed by atoms with E-state index in [1.54, 1.807) is 0 Å². The number of rotatable bonds is 12. The number of primary amides is 1. The zero-order valence-electron chi connectivity index (χ0n) is 15.5. The lowest BCUT2D eigenvalue weighted by Crippen LogP contribution is -2.59. The van der Waals surface area contributed by atoms with Crippen LogP contribution in [0.2, 0.25) is 0 Å². The highest BCUT2D eigenvalue weighted by atomic mass is 16.1. The largest absolute Gasteiger partial charge is 0.368 e. The van der Waals surface area contributed by atoms with Crippen molar-refractivity contribution in [2.45, 2.75) is 102 Å². The molecule has 0 aromatic rings. The van der Waals surface area contributed by atoms with Gasteiger partial charge in [0.1, 0.15) is 0 Å². The van der Waals surface area contributed by atoms with E-state index in [1.165, 1.54) is 64.2 Å². The summed E-state index contributed by atoms with van der Waals surface area (Å²) in [5.74, 6) is -0.334. The van der Waals surface area contributed by atoms with Gasteiger partial charge >= 0.3 is 0 Å². The number of nitrogens with two attached hydrogens (primary N) is 2. The summed E-state index contributed by atoms with van der Waals surface area (Å²) in [7, 11) is 0. The Bertz CT molecular complexity index is 325. The van der Waals surface area contributed by atoms with Gasteiger partial charge in [-0.3, -0.25) is 4.79 Å². The van der Waals surface area contributed by atoms with Crippen LogP contribution in [-0.2, 0) is 4.79 Å². The van der Waals surface area contributed by atoms with Crippen molar-refractivity contribution >= 4 is 5.91 Å². The van der Waals surface area contributed by atoms with Gasteiger partial charge in [-0.05, 0) is 25.7 Å². The zero-order chi connectivity index (χ0) is 17.1. The molecule has 23 heavy (non-hydrogen) atoms. The molecule has 1 unspecified atom stereocenters. The maximum Gasteiger partial charge on any atom is 0.237 e. The van der Waals surface area contributed by atoms with Gasteiger partial charge < -0.3 is 16.4 Å². The molecule has 0 aromatic carbocycles. The summed E-state index contributed by atoms with van der Waals surface area (Å²) in [6.07, 6.45) is 14.6. The second-order valence-corrected chi connectivity index (χ2v) is 7.41. The minimum atomic E-state index is -0.772. The number of carbonyl (C=O) groups is 1. The molecule has 1 fully saturated rings. The Morgan fingerprint density at radius 2 is 1.43 bits per heavy atom. The lowest BCUT2D eigenvalue weighted by Gasteiger charge is -2.41. The number of amides is 1. The first-order valence-corrected chi connectivity index (χ1v) is 9.86. The Labute approximate surface area is 143 Å². The van der Waals surface area contributed by atoms with Crippen LogP contribution in [0.4, 0.5) is 0 Å². The van der Waals surface area contributed by atoms with Crippen molar-refractivity contribution < 1.29 is 4.79 Å². The lowest BCUT2D eigenvalue weighted by atomic mass is 9.86. The van der Waals surface area contributed by atoms with Gasteiger partial charge in [-0.1, -0.05) is 65.2 Å². The molecule has 1 aliphatic rings. The number of hydrogen-bond donors (Lipinski definition) is 2. The average Bonchev–Trinajstić information content (AvgIpc) is 2.54. The monoisotopic (exact) mass is 325 g/mol. The summed E-state index contributed by atoms with van der Waals surface area (Å²) in [6.45, 7) is 6.37. The Hall–Kier alpha value is -0.610. The minimum absolute atomic E-state index is 0.334. The number of likely N-dealkylation sites (tertiary alicyclic amines) is 1. The first-order valence-electron chi connectivity index (χ1n) is 9.86. The molecule has 1 rings (SSSR count). The molecule has 1 saturated heterocycles. The number of piperidine rings is 1. The van der Waals surface area contributed by atoms with Crippen LogP contribution in [-0.4, -0.2) is 35.5 Å². The quantitative estimate of drug-likeness (QED) is 0.539. The summed E-state index contributed by atoms with van der Waals surface area (Å²) in [5.41, 5.74) is 10.8. The molecule has 0 aliphatic carbocycles. The first-order chi connectivity index (χ1) is 11.0. The van der Waals surface area contributed by atoms with Gasteiger partial charge in [0.05, 0.1) is 5.54 Å². The molecule has 4 heteroatoms. The molecular formula is C19H39N3O. The summed E-state index contributed by atoms with van der Waals surface area (Å²) < 4.78 is 0. The van der Waals surface area contributed by atoms with E-state index < -0.39 is 5.54 Å². The SMILES string of the molecule is CCCCCCCC(CCCCC)N1CCC(N)(C(N)=O)CC1. The van der Waals surface area contributed by atoms with Gasteiger partial charge in [0.15, 0.2) is 0 Å². The number of unbranched alkanes of at least 4 members (excludes halogenated alkanes) is 6. The van der Waals surface area contributed by atoms with Crippen molar-refractivity contribution in [2.24, 2.45) is 11.5 Å². The van der Waals surface area contributed by atoms with Crippen LogP contribution in [0.15, 0.2) is 0 Å². The molecule has 0 radical (unpaired) electrons. The van der Waals surface area contributed by atoms with Gasteiger partial charge in [-0.15, -0.1) is 0 Å². The van der Waals surface area contributed by atoms with E-state index in [0.717, 1.165) is 13.1 Å². The van der Waals surface area contributed by atoms with Crippen LogP contribution in [0.25, 0.3) is 0 Å². The van der Waals surface area contributed by atoms with Crippen LogP contribution < -0.4 is 11.5 Å². The lowest BCUT2D eigenvalue weighted by molar-refractivity contribution is -0.125. The Kier molecular flexibility index (Phi) is 9.80. The van der Waals surface area contributed by atoms with Crippen LogP contribution in [0.5, 0.6) is 0 Å². The van der Waals surface area contributed by atoms with Gasteiger partial charge in [0, 0.05) is 19.1 Å². The van der Waals surface area contributed by atoms with Gasteiger partial charge in [-0.25, -0.2) is 0 Å². The van der Waals surface area contributed by atoms with Crippen LogP contribution >= 0.6 is 0 Å². The number of carbonyl (C=O) groups excluding carboxylic acids is 1. The molecule has 4 N–H and O–H groups in total. The van der Waals surface area contributed by atoms with Crippen LogP contribution in [0.1, 0.15) is 90.9 Å². The van der Waals surface area contributed by atoms with Gasteiger partial charge in [0.25, 0.3) is 0 Å². The molecule has 0 bridgehead atoms. The standard InChI is InChI=1S/C19H39N3O/c1-3-5-7-8-10-12-17(11-9-6-4-2)22-15-13-19(21,14-16-22)18(20)23/h17H,3-16,21H2,1-2H3,(H2,20,23). The highest BCUT2D eigenvalue weighted by Crippen LogP contribution is 2.25. The van der Waals surface area contributed by atoms with Crippen molar-refractivity contribution in [1.29, 1.82) is 0 Å². The molecule has 1 amide bonds. The van der Waals surface area contributed by atoms with E-state index in [9.17, 15) is 4.79 Å². The Morgan fingerprint density at radius 1 is 0.957 bits per heavy atom. The summed E-state index contributed by atoms with van der Waals surface area (Å²) in [4.78, 5) is 14.1. The van der Waals surface area contributed by atoms with Gasteiger partial charge in [0.2, 0.25) is 5.91 Å². The second-order valence-electron chi connectivity index (χ2n) is 7.41. The third kappa shape index (κ3) is 7.21. The molecule has 0 saturated carbocycles. The van der Waals surface area contributed by atoms with Crippen molar-refractivity contribution in [3.63, 3.8) is 0 Å². The van der Waals surface area contributed by atoms with E-state index >= 15 is 0 Å². The molecule has 4 nitrogen and oxygen atoms in total. The van der Waals surface area contributed by atoms with Crippen LogP contribution in [0, 0.1) is 0 Å². The second kappa shape index (κ2) is 11.0. The van der Waals surface area contributed by atoms with E-state index in [1.807, 2.05) is 0 Å². The maximum absolute atomic E-state index is 11.5. The fourth-order valence-electron chi connectivity index (χ4n) is 3.66. The minimum Gasteiger partial charge on any atom is -0.368 e. The Morgan fingerprint density at radius 3 is 1.96 bits per heavy atom. The molecule has 0 spiro atoms. The smallest absolute Gasteiger partial charge is 0.237 e. The summed E-state index contributed by atoms with van der Waals surface area (Å²) in [5, 5.41) is 0. The molecule has 1 heterocycles. The summed E-state index contributed by atoms with van der Waals surface area (Å²) >= 11 is 0. The molecule has 136 valence electrons. The third-order valence-electron chi connectivity index (χ3n) is 5.48. The van der Waals surface area contributed by atoms with Crippen molar-refractivity contribution in [2.75, 3.05) is 13.1 Å². The molecule has 1 atom stereocenters. The van der Waals surface area contributed by atoms with E-state index in [2.05, 4.69) is 18.7 Å². The summed E-state index contributed by atoms with van der Waals surface area (Å²) in [6, 6.07) is 0.667. The first kappa shape index (κ1) is 20.4. The highest BCUT2D eigenvalue weighted by molar-refractivity contribution is 5.84. The van der Waals surface area contributed by atoms with E-state index in [-0.39, 0.29) is 5.91 Å². The van der Waals surface area contributed by atoms with Crippen LogP contribution in [0.3, 0.4) is 0 Å². The van der Waals surface area contributed by atoms with E-state index in [0.29, 0.717) is 18.9 Å². The van der Waals surface area contributed by atoms with Gasteiger partial charge in [-0.2, -0.15) is 0 Å². The maximum atomic E-state index is 11.5. The highest BCUT2D eigenvalue weighted by Gasteiger charge is 2.37. The normalized spacial score (nSPS) is 19.6. The molecule has 0 aromatic heterocycles. The number of nitrogens with zero attached hydrogens (tertiary/aromatic N) is 1. The van der Waals surface area contributed by atoms with Crippen molar-refractivity contribution in [1.82, 2.24) is 4.90 Å². The Balaban J connectivity index is 2.43. The fourth-order valence-corrected chi connectivity index (χ4v) is 3.66. The molecule has 1 aliphatic heterocycles. The topological polar surface area (TPSA) is 72.3 Å². The average molecular weight is 326 g/mol. The van der Waals surface area contributed by atoms with E-state index in [4.69, 9.17) is 11.5 Å².